The summed E-state index contributed by atoms with van der Waals surface area (Å²) in [4.78, 5) is 0. The maximum Gasteiger partial charge on any atom is 0.175 e. The lowest BCUT2D eigenvalue weighted by Crippen LogP contribution is -2.18. The van der Waals surface area contributed by atoms with E-state index in [1.165, 1.54) is 0 Å². The highest BCUT2D eigenvalue weighted by molar-refractivity contribution is 9.10. The normalized spacial score (nSPS) is 12.9. The van der Waals surface area contributed by atoms with Gasteiger partial charge in [-0.05, 0) is 29.0 Å². The molecule has 0 aliphatic rings. The van der Waals surface area contributed by atoms with Crippen LogP contribution in [-0.4, -0.2) is 18.7 Å². The summed E-state index contributed by atoms with van der Waals surface area (Å²) >= 11 is 2.58. The molecule has 2 nitrogen and oxygen atoms in total. The molecule has 0 heterocycles. The minimum Gasteiger partial charge on any atom is -0.387 e. The van der Waals surface area contributed by atoms with E-state index in [2.05, 4.69) is 21.2 Å². The summed E-state index contributed by atoms with van der Waals surface area (Å²) in [5.74, 6) is -3.49. The summed E-state index contributed by atoms with van der Waals surface area (Å²) in [5.41, 5.74) is -0.282. The van der Waals surface area contributed by atoms with E-state index in [0.29, 0.717) is 6.07 Å². The lowest BCUT2D eigenvalue weighted by molar-refractivity contribution is 0.172. The second-order valence-corrected chi connectivity index (χ2v) is 3.76. The van der Waals surface area contributed by atoms with Crippen molar-refractivity contribution in [2.75, 3.05) is 13.6 Å². The predicted molar refractivity (Wildman–Crippen MR) is 52.9 cm³/mol. The number of aliphatic hydroxyl groups is 1. The molecule has 15 heavy (non-hydrogen) atoms. The van der Waals surface area contributed by atoms with Crippen molar-refractivity contribution in [3.8, 4) is 0 Å². The molecule has 0 aliphatic heterocycles. The Kier molecular flexibility index (Phi) is 4.12. The molecule has 0 aromatic heterocycles. The topological polar surface area (TPSA) is 32.3 Å². The molecule has 0 aliphatic carbocycles. The van der Waals surface area contributed by atoms with Crippen molar-refractivity contribution in [3.05, 3.63) is 33.6 Å². The Labute approximate surface area is 93.2 Å². The van der Waals surface area contributed by atoms with Crippen LogP contribution in [0.25, 0.3) is 0 Å². The average molecular weight is 284 g/mol. The van der Waals surface area contributed by atoms with Crippen molar-refractivity contribution in [1.82, 2.24) is 5.32 Å². The zero-order chi connectivity index (χ0) is 11.6. The molecule has 0 fully saturated rings. The molecule has 1 unspecified atom stereocenters. The number of rotatable bonds is 3. The second kappa shape index (κ2) is 4.96. The molecule has 0 saturated carbocycles. The van der Waals surface area contributed by atoms with Gasteiger partial charge in [0.25, 0.3) is 0 Å². The van der Waals surface area contributed by atoms with Crippen molar-refractivity contribution in [2.24, 2.45) is 0 Å². The van der Waals surface area contributed by atoms with Crippen molar-refractivity contribution in [1.29, 1.82) is 0 Å². The number of likely N-dealkylation sites (N-methyl/N-ethyl adjacent to an activating group) is 1. The molecule has 0 radical (unpaired) electrons. The van der Waals surface area contributed by atoms with Gasteiger partial charge in [0.05, 0.1) is 10.6 Å². The van der Waals surface area contributed by atoms with Crippen LogP contribution in [0.4, 0.5) is 13.2 Å². The lowest BCUT2D eigenvalue weighted by atomic mass is 10.1. The first-order valence-corrected chi connectivity index (χ1v) is 4.93. The second-order valence-electron chi connectivity index (χ2n) is 2.96. The maximum atomic E-state index is 13.4. The SMILES string of the molecule is CNCC(O)c1cc(F)c(F)c(Br)c1F. The fourth-order valence-electron chi connectivity index (χ4n) is 1.14. The summed E-state index contributed by atoms with van der Waals surface area (Å²) in [6.45, 7) is 0.0500. The maximum absolute atomic E-state index is 13.4. The van der Waals surface area contributed by atoms with Crippen LogP contribution < -0.4 is 5.32 Å². The molecule has 0 amide bonds. The summed E-state index contributed by atoms with van der Waals surface area (Å²) in [6.07, 6.45) is -1.22. The van der Waals surface area contributed by atoms with Gasteiger partial charge in [0, 0.05) is 12.1 Å². The van der Waals surface area contributed by atoms with E-state index in [-0.39, 0.29) is 12.1 Å². The van der Waals surface area contributed by atoms with E-state index in [1.807, 2.05) is 0 Å². The minimum absolute atomic E-state index is 0.0500. The van der Waals surface area contributed by atoms with Gasteiger partial charge in [-0.15, -0.1) is 0 Å². The van der Waals surface area contributed by atoms with Gasteiger partial charge in [-0.2, -0.15) is 0 Å². The first-order chi connectivity index (χ1) is 6.99. The largest absolute Gasteiger partial charge is 0.387 e. The van der Waals surface area contributed by atoms with Gasteiger partial charge in [0.1, 0.15) is 5.82 Å². The number of hydrogen-bond acceptors (Lipinski definition) is 2. The fraction of sp³-hybridized carbons (Fsp3) is 0.333. The number of aliphatic hydroxyl groups excluding tert-OH is 1. The first-order valence-electron chi connectivity index (χ1n) is 4.14. The Morgan fingerprint density at radius 3 is 2.53 bits per heavy atom. The molecule has 0 saturated heterocycles. The summed E-state index contributed by atoms with van der Waals surface area (Å²) in [6, 6.07) is 0.650. The van der Waals surface area contributed by atoms with Crippen LogP contribution >= 0.6 is 15.9 Å². The molecule has 1 aromatic carbocycles. The van der Waals surface area contributed by atoms with Gasteiger partial charge in [-0.1, -0.05) is 0 Å². The molecule has 1 atom stereocenters. The molecule has 0 bridgehead atoms. The Morgan fingerprint density at radius 2 is 2.00 bits per heavy atom. The van der Waals surface area contributed by atoms with E-state index in [4.69, 9.17) is 0 Å². The Bertz CT molecular complexity index is 373. The highest BCUT2D eigenvalue weighted by atomic mass is 79.9. The van der Waals surface area contributed by atoms with Crippen LogP contribution in [0.15, 0.2) is 10.5 Å². The number of hydrogen-bond donors (Lipinski definition) is 2. The monoisotopic (exact) mass is 283 g/mol. The predicted octanol–water partition coefficient (Wildman–Crippen LogP) is 2.12. The van der Waals surface area contributed by atoms with Gasteiger partial charge >= 0.3 is 0 Å². The third-order valence-electron chi connectivity index (χ3n) is 1.89. The zero-order valence-corrected chi connectivity index (χ0v) is 9.41. The van der Waals surface area contributed by atoms with Crippen molar-refractivity contribution in [2.45, 2.75) is 6.10 Å². The van der Waals surface area contributed by atoms with Gasteiger partial charge in [0.15, 0.2) is 11.6 Å². The van der Waals surface area contributed by atoms with Crippen LogP contribution in [0.5, 0.6) is 0 Å². The molecular formula is C9H9BrF3NO. The summed E-state index contributed by atoms with van der Waals surface area (Å²) < 4.78 is 38.6. The van der Waals surface area contributed by atoms with Gasteiger partial charge in [0.2, 0.25) is 0 Å². The third kappa shape index (κ3) is 2.50. The summed E-state index contributed by atoms with van der Waals surface area (Å²) in [7, 11) is 1.55. The molecule has 1 aromatic rings. The van der Waals surface area contributed by atoms with E-state index >= 15 is 0 Å². The minimum atomic E-state index is -1.30. The third-order valence-corrected chi connectivity index (χ3v) is 2.58. The highest BCUT2D eigenvalue weighted by Crippen LogP contribution is 2.28. The van der Waals surface area contributed by atoms with Crippen molar-refractivity contribution >= 4 is 15.9 Å². The fourth-order valence-corrected chi connectivity index (χ4v) is 1.56. The van der Waals surface area contributed by atoms with E-state index in [9.17, 15) is 18.3 Å². The van der Waals surface area contributed by atoms with Crippen molar-refractivity contribution < 1.29 is 18.3 Å². The van der Waals surface area contributed by atoms with Crippen molar-refractivity contribution in [3.63, 3.8) is 0 Å². The standard InChI is InChI=1S/C9H9BrF3NO/c1-14-3-6(15)4-2-5(11)9(13)7(10)8(4)12/h2,6,14-15H,3H2,1H3. The number of halogens is 4. The average Bonchev–Trinajstić information content (AvgIpc) is 2.20. The Morgan fingerprint density at radius 1 is 1.40 bits per heavy atom. The van der Waals surface area contributed by atoms with Crippen LogP contribution in [0, 0.1) is 17.5 Å². The van der Waals surface area contributed by atoms with Gasteiger partial charge < -0.3 is 10.4 Å². The van der Waals surface area contributed by atoms with Gasteiger partial charge in [-0.25, -0.2) is 13.2 Å². The van der Waals surface area contributed by atoms with Crippen LogP contribution in [0.1, 0.15) is 11.7 Å². The molecule has 0 spiro atoms. The van der Waals surface area contributed by atoms with Crippen LogP contribution in [0.3, 0.4) is 0 Å². The smallest absolute Gasteiger partial charge is 0.175 e. The van der Waals surface area contributed by atoms with E-state index in [1.54, 1.807) is 7.05 Å². The van der Waals surface area contributed by atoms with E-state index < -0.39 is 28.0 Å². The number of benzene rings is 1. The zero-order valence-electron chi connectivity index (χ0n) is 7.82. The quantitative estimate of drug-likeness (QED) is 0.658. The highest BCUT2D eigenvalue weighted by Gasteiger charge is 2.20. The molecule has 6 heteroatoms. The first kappa shape index (κ1) is 12.5. The molecular weight excluding hydrogens is 275 g/mol. The van der Waals surface area contributed by atoms with E-state index in [0.717, 1.165) is 0 Å². The van der Waals surface area contributed by atoms with Crippen LogP contribution in [-0.2, 0) is 0 Å². The Balaban J connectivity index is 3.19. The van der Waals surface area contributed by atoms with Crippen LogP contribution in [0.2, 0.25) is 0 Å². The number of nitrogens with one attached hydrogen (secondary N) is 1. The molecule has 1 rings (SSSR count). The molecule has 2 N–H and O–H groups in total. The summed E-state index contributed by atoms with van der Waals surface area (Å²) in [5, 5.41) is 12.0. The Hall–Kier alpha value is -0.590. The van der Waals surface area contributed by atoms with Gasteiger partial charge in [-0.3, -0.25) is 0 Å². The lowest BCUT2D eigenvalue weighted by Gasteiger charge is -2.12. The molecule has 84 valence electrons.